The summed E-state index contributed by atoms with van der Waals surface area (Å²) in [7, 11) is 0. The molecule has 1 aromatic heterocycles. The number of carbonyl (C=O) groups is 2. The van der Waals surface area contributed by atoms with E-state index < -0.39 is 0 Å². The number of hydrogen-bond donors (Lipinski definition) is 1. The predicted octanol–water partition coefficient (Wildman–Crippen LogP) is 2.07. The van der Waals surface area contributed by atoms with E-state index in [-0.39, 0.29) is 23.8 Å². The largest absolute Gasteiger partial charge is 0.347 e. The highest BCUT2D eigenvalue weighted by atomic mass is 16.2. The standard InChI is InChI=1S/C17H23N3O2/c1-3-14(15-7-5-6-10-18-15)19-17(22)13-8-11-20(12-9-13)16(21)4-2/h4-7,10,13-14H,2-3,8-9,11-12H2,1H3,(H,19,22)/t14-/m0/s1. The Hall–Kier alpha value is -2.17. The van der Waals surface area contributed by atoms with Gasteiger partial charge in [-0.2, -0.15) is 0 Å². The van der Waals surface area contributed by atoms with Crippen molar-refractivity contribution < 1.29 is 9.59 Å². The van der Waals surface area contributed by atoms with Crippen LogP contribution in [0.3, 0.4) is 0 Å². The molecule has 2 rings (SSSR count). The molecule has 0 saturated carbocycles. The number of amides is 2. The number of nitrogens with one attached hydrogen (secondary N) is 1. The fourth-order valence-electron chi connectivity index (χ4n) is 2.75. The summed E-state index contributed by atoms with van der Waals surface area (Å²) in [5, 5.41) is 3.09. The smallest absolute Gasteiger partial charge is 0.245 e. The Bertz CT molecular complexity index is 522. The number of carbonyl (C=O) groups excluding carboxylic acids is 2. The Morgan fingerprint density at radius 2 is 2.18 bits per heavy atom. The molecular weight excluding hydrogens is 278 g/mol. The predicted molar refractivity (Wildman–Crippen MR) is 84.9 cm³/mol. The van der Waals surface area contributed by atoms with Crippen molar-refractivity contribution in [3.63, 3.8) is 0 Å². The van der Waals surface area contributed by atoms with E-state index in [1.165, 1.54) is 6.08 Å². The quantitative estimate of drug-likeness (QED) is 0.847. The lowest BCUT2D eigenvalue weighted by Crippen LogP contribution is -2.43. The van der Waals surface area contributed by atoms with Crippen LogP contribution < -0.4 is 5.32 Å². The summed E-state index contributed by atoms with van der Waals surface area (Å²) >= 11 is 0. The molecule has 1 atom stereocenters. The molecule has 0 aliphatic carbocycles. The summed E-state index contributed by atoms with van der Waals surface area (Å²) in [6.45, 7) is 6.76. The van der Waals surface area contributed by atoms with Crippen LogP contribution in [0.5, 0.6) is 0 Å². The van der Waals surface area contributed by atoms with Gasteiger partial charge in [0.2, 0.25) is 11.8 Å². The van der Waals surface area contributed by atoms with Crippen molar-refractivity contribution in [1.29, 1.82) is 0 Å². The third-order valence-electron chi connectivity index (χ3n) is 4.12. The lowest BCUT2D eigenvalue weighted by molar-refractivity contribution is -0.132. The summed E-state index contributed by atoms with van der Waals surface area (Å²) < 4.78 is 0. The lowest BCUT2D eigenvalue weighted by Gasteiger charge is -2.31. The van der Waals surface area contributed by atoms with Crippen molar-refractivity contribution in [3.8, 4) is 0 Å². The van der Waals surface area contributed by atoms with E-state index in [4.69, 9.17) is 0 Å². The summed E-state index contributed by atoms with van der Waals surface area (Å²) in [5.74, 6) is -0.0337. The van der Waals surface area contributed by atoms with Crippen LogP contribution in [0.2, 0.25) is 0 Å². The molecule has 2 heterocycles. The topological polar surface area (TPSA) is 62.3 Å². The van der Waals surface area contributed by atoms with Crippen LogP contribution >= 0.6 is 0 Å². The normalized spacial score (nSPS) is 16.9. The maximum atomic E-state index is 12.4. The average molecular weight is 301 g/mol. The minimum absolute atomic E-state index is 0.0355. The Morgan fingerprint density at radius 1 is 1.45 bits per heavy atom. The molecule has 118 valence electrons. The molecule has 0 bridgehead atoms. The molecule has 0 radical (unpaired) electrons. The van der Waals surface area contributed by atoms with E-state index in [0.717, 1.165) is 12.1 Å². The van der Waals surface area contributed by atoms with E-state index >= 15 is 0 Å². The van der Waals surface area contributed by atoms with E-state index in [9.17, 15) is 9.59 Å². The molecule has 0 spiro atoms. The highest BCUT2D eigenvalue weighted by Crippen LogP contribution is 2.20. The average Bonchev–Trinajstić information content (AvgIpc) is 2.59. The second-order valence-corrected chi connectivity index (χ2v) is 5.53. The van der Waals surface area contributed by atoms with Gasteiger partial charge < -0.3 is 10.2 Å². The number of nitrogens with zero attached hydrogens (tertiary/aromatic N) is 2. The first-order valence-electron chi connectivity index (χ1n) is 7.78. The second kappa shape index (κ2) is 7.73. The van der Waals surface area contributed by atoms with Gasteiger partial charge in [0.05, 0.1) is 11.7 Å². The summed E-state index contributed by atoms with van der Waals surface area (Å²) in [4.78, 5) is 30.0. The van der Waals surface area contributed by atoms with Gasteiger partial charge in [0.15, 0.2) is 0 Å². The molecule has 5 heteroatoms. The van der Waals surface area contributed by atoms with Crippen molar-refractivity contribution in [1.82, 2.24) is 15.2 Å². The fraction of sp³-hybridized carbons (Fsp3) is 0.471. The van der Waals surface area contributed by atoms with Gasteiger partial charge in [-0.1, -0.05) is 19.6 Å². The van der Waals surface area contributed by atoms with Crippen LogP contribution in [-0.4, -0.2) is 34.8 Å². The van der Waals surface area contributed by atoms with Crippen LogP contribution in [0.1, 0.15) is 37.9 Å². The molecule has 1 aliphatic rings. The first kappa shape index (κ1) is 16.2. The Balaban J connectivity index is 1.90. The van der Waals surface area contributed by atoms with Crippen LogP contribution in [0.4, 0.5) is 0 Å². The number of piperidine rings is 1. The van der Waals surface area contributed by atoms with Crippen LogP contribution in [-0.2, 0) is 9.59 Å². The molecule has 1 N–H and O–H groups in total. The van der Waals surface area contributed by atoms with Gasteiger partial charge in [0.1, 0.15) is 0 Å². The number of aromatic nitrogens is 1. The van der Waals surface area contributed by atoms with E-state index in [1.54, 1.807) is 11.1 Å². The first-order chi connectivity index (χ1) is 10.7. The summed E-state index contributed by atoms with van der Waals surface area (Å²) in [5.41, 5.74) is 0.887. The van der Waals surface area contributed by atoms with Crippen LogP contribution in [0.15, 0.2) is 37.1 Å². The number of hydrogen-bond acceptors (Lipinski definition) is 3. The first-order valence-corrected chi connectivity index (χ1v) is 7.78. The molecule has 0 unspecified atom stereocenters. The molecule has 1 saturated heterocycles. The Labute approximate surface area is 131 Å². The Kier molecular flexibility index (Phi) is 5.69. The third-order valence-corrected chi connectivity index (χ3v) is 4.12. The van der Waals surface area contributed by atoms with Crippen molar-refractivity contribution in [3.05, 3.63) is 42.7 Å². The monoisotopic (exact) mass is 301 g/mol. The maximum absolute atomic E-state index is 12.4. The third kappa shape index (κ3) is 3.93. The van der Waals surface area contributed by atoms with E-state index in [0.29, 0.717) is 25.9 Å². The summed E-state index contributed by atoms with van der Waals surface area (Å²) in [6, 6.07) is 5.67. The Morgan fingerprint density at radius 3 is 2.73 bits per heavy atom. The van der Waals surface area contributed by atoms with Crippen molar-refractivity contribution >= 4 is 11.8 Å². The number of likely N-dealkylation sites (tertiary alicyclic amines) is 1. The van der Waals surface area contributed by atoms with E-state index in [2.05, 4.69) is 16.9 Å². The molecular formula is C17H23N3O2. The highest BCUT2D eigenvalue weighted by Gasteiger charge is 2.27. The molecule has 1 aromatic rings. The van der Waals surface area contributed by atoms with Crippen molar-refractivity contribution in [2.24, 2.45) is 5.92 Å². The van der Waals surface area contributed by atoms with Crippen LogP contribution in [0.25, 0.3) is 0 Å². The minimum atomic E-state index is -0.0567. The molecule has 1 aliphatic heterocycles. The molecule has 0 aromatic carbocycles. The van der Waals surface area contributed by atoms with Crippen LogP contribution in [0, 0.1) is 5.92 Å². The zero-order chi connectivity index (χ0) is 15.9. The zero-order valence-electron chi connectivity index (χ0n) is 13.0. The molecule has 1 fully saturated rings. The van der Waals surface area contributed by atoms with Crippen molar-refractivity contribution in [2.45, 2.75) is 32.2 Å². The van der Waals surface area contributed by atoms with Crippen molar-refractivity contribution in [2.75, 3.05) is 13.1 Å². The fourth-order valence-corrected chi connectivity index (χ4v) is 2.75. The lowest BCUT2D eigenvalue weighted by atomic mass is 9.95. The van der Waals surface area contributed by atoms with Gasteiger partial charge in [-0.3, -0.25) is 14.6 Å². The maximum Gasteiger partial charge on any atom is 0.245 e. The minimum Gasteiger partial charge on any atom is -0.347 e. The van der Waals surface area contributed by atoms with Gasteiger partial charge in [-0.15, -0.1) is 0 Å². The van der Waals surface area contributed by atoms with Gasteiger partial charge in [0, 0.05) is 25.2 Å². The SMILES string of the molecule is C=CC(=O)N1CCC(C(=O)N[C@@H](CC)c2ccccn2)CC1. The van der Waals surface area contributed by atoms with Gasteiger partial charge in [0.25, 0.3) is 0 Å². The highest BCUT2D eigenvalue weighted by molar-refractivity contribution is 5.87. The van der Waals surface area contributed by atoms with E-state index in [1.807, 2.05) is 25.1 Å². The molecule has 22 heavy (non-hydrogen) atoms. The molecule has 2 amide bonds. The van der Waals surface area contributed by atoms with Gasteiger partial charge >= 0.3 is 0 Å². The summed E-state index contributed by atoms with van der Waals surface area (Å²) in [6.07, 6.45) is 5.27. The molecule has 5 nitrogen and oxygen atoms in total. The second-order valence-electron chi connectivity index (χ2n) is 5.53. The number of rotatable bonds is 5. The van der Waals surface area contributed by atoms with Gasteiger partial charge in [-0.25, -0.2) is 0 Å². The van der Waals surface area contributed by atoms with Gasteiger partial charge in [-0.05, 0) is 37.5 Å². The number of pyridine rings is 1. The zero-order valence-corrected chi connectivity index (χ0v) is 13.0.